The molecule has 0 atom stereocenters. The molecule has 24 heavy (non-hydrogen) atoms. The molecule has 2 rings (SSSR count). The molecule has 6 heteroatoms. The summed E-state index contributed by atoms with van der Waals surface area (Å²) in [6.45, 7) is 8.31. The van der Waals surface area contributed by atoms with Gasteiger partial charge in [-0.05, 0) is 55.8 Å². The SMILES string of the molecule is C=CCc1cc(/C=C2/SC(=O)N(CC)C2=O)cc(OCC)c1OC. The number of likely N-dealkylation sites (N-methyl/N-ethyl adjacent to an activating group) is 1. The molecule has 1 saturated heterocycles. The van der Waals surface area contributed by atoms with E-state index in [9.17, 15) is 9.59 Å². The normalized spacial score (nSPS) is 16.0. The average molecular weight is 347 g/mol. The van der Waals surface area contributed by atoms with Crippen LogP contribution in [0.2, 0.25) is 0 Å². The maximum absolute atomic E-state index is 12.2. The number of carbonyl (C=O) groups is 2. The lowest BCUT2D eigenvalue weighted by Crippen LogP contribution is -2.27. The Labute approximate surface area is 146 Å². The number of amides is 2. The predicted molar refractivity (Wildman–Crippen MR) is 96.4 cm³/mol. The molecule has 0 N–H and O–H groups in total. The van der Waals surface area contributed by atoms with Crippen LogP contribution in [0.4, 0.5) is 4.79 Å². The Morgan fingerprint density at radius 2 is 2.04 bits per heavy atom. The lowest BCUT2D eigenvalue weighted by molar-refractivity contribution is -0.122. The number of benzene rings is 1. The number of thioether (sulfide) groups is 1. The number of methoxy groups -OCH3 is 1. The molecule has 1 heterocycles. The second kappa shape index (κ2) is 8.06. The van der Waals surface area contributed by atoms with Gasteiger partial charge in [0.25, 0.3) is 11.1 Å². The summed E-state index contributed by atoms with van der Waals surface area (Å²) in [4.78, 5) is 25.7. The van der Waals surface area contributed by atoms with Crippen LogP contribution in [-0.4, -0.2) is 36.3 Å². The van der Waals surface area contributed by atoms with Crippen LogP contribution in [0.3, 0.4) is 0 Å². The van der Waals surface area contributed by atoms with Crippen molar-refractivity contribution in [3.05, 3.63) is 40.8 Å². The lowest BCUT2D eigenvalue weighted by atomic mass is 10.0. The molecule has 1 aliphatic rings. The highest BCUT2D eigenvalue weighted by Crippen LogP contribution is 2.37. The summed E-state index contributed by atoms with van der Waals surface area (Å²) in [6, 6.07) is 3.73. The lowest BCUT2D eigenvalue weighted by Gasteiger charge is -2.14. The number of allylic oxidation sites excluding steroid dienone is 1. The number of hydrogen-bond acceptors (Lipinski definition) is 5. The summed E-state index contributed by atoms with van der Waals surface area (Å²) < 4.78 is 11.1. The Balaban J connectivity index is 2.47. The Bertz CT molecular complexity index is 697. The molecule has 0 aliphatic carbocycles. The van der Waals surface area contributed by atoms with Crippen molar-refractivity contribution < 1.29 is 19.1 Å². The molecule has 1 aromatic rings. The molecule has 128 valence electrons. The van der Waals surface area contributed by atoms with Crippen molar-refractivity contribution in [1.82, 2.24) is 4.90 Å². The topological polar surface area (TPSA) is 55.8 Å². The van der Waals surface area contributed by atoms with Gasteiger partial charge in [0.15, 0.2) is 11.5 Å². The maximum atomic E-state index is 12.2. The first kappa shape index (κ1) is 18.1. The van der Waals surface area contributed by atoms with Gasteiger partial charge in [0.05, 0.1) is 18.6 Å². The Hall–Kier alpha value is -2.21. The van der Waals surface area contributed by atoms with Crippen molar-refractivity contribution >= 4 is 29.0 Å². The van der Waals surface area contributed by atoms with Crippen LogP contribution < -0.4 is 9.47 Å². The molecule has 0 unspecified atom stereocenters. The zero-order valence-corrected chi connectivity index (χ0v) is 14.9. The fraction of sp³-hybridized carbons (Fsp3) is 0.333. The Kier molecular flexibility index (Phi) is 6.09. The van der Waals surface area contributed by atoms with Crippen molar-refractivity contribution in [1.29, 1.82) is 0 Å². The molecule has 0 saturated carbocycles. The summed E-state index contributed by atoms with van der Waals surface area (Å²) in [5, 5.41) is -0.237. The number of imide groups is 1. The van der Waals surface area contributed by atoms with Crippen LogP contribution in [-0.2, 0) is 11.2 Å². The molecule has 1 fully saturated rings. The highest BCUT2D eigenvalue weighted by atomic mass is 32.2. The summed E-state index contributed by atoms with van der Waals surface area (Å²) in [6.07, 6.45) is 4.11. The van der Waals surface area contributed by atoms with E-state index in [0.717, 1.165) is 22.9 Å². The van der Waals surface area contributed by atoms with Crippen molar-refractivity contribution in [2.24, 2.45) is 0 Å². The number of ether oxygens (including phenoxy) is 2. The standard InChI is InChI=1S/C18H21NO4S/c1-5-8-13-9-12(10-14(23-7-3)16(13)22-4)11-15-17(20)19(6-2)18(21)24-15/h5,9-11H,1,6-8H2,2-4H3/b15-11+. The first-order valence-electron chi connectivity index (χ1n) is 7.75. The molecular weight excluding hydrogens is 326 g/mol. The fourth-order valence-electron chi connectivity index (χ4n) is 2.49. The number of rotatable bonds is 7. The number of carbonyl (C=O) groups excluding carboxylic acids is 2. The van der Waals surface area contributed by atoms with Gasteiger partial charge >= 0.3 is 0 Å². The van der Waals surface area contributed by atoms with Gasteiger partial charge in [-0.15, -0.1) is 6.58 Å². The van der Waals surface area contributed by atoms with E-state index in [1.165, 1.54) is 4.90 Å². The van der Waals surface area contributed by atoms with E-state index in [-0.39, 0.29) is 11.1 Å². The van der Waals surface area contributed by atoms with Crippen molar-refractivity contribution in [3.63, 3.8) is 0 Å². The van der Waals surface area contributed by atoms with Crippen LogP contribution in [0, 0.1) is 0 Å². The van der Waals surface area contributed by atoms with Gasteiger partial charge in [0, 0.05) is 12.1 Å². The Morgan fingerprint density at radius 3 is 2.58 bits per heavy atom. The van der Waals surface area contributed by atoms with Crippen LogP contribution in [0.15, 0.2) is 29.7 Å². The molecule has 0 bridgehead atoms. The molecule has 1 aliphatic heterocycles. The van der Waals surface area contributed by atoms with E-state index >= 15 is 0 Å². The van der Waals surface area contributed by atoms with Gasteiger partial charge in [-0.2, -0.15) is 0 Å². The first-order valence-corrected chi connectivity index (χ1v) is 8.57. The van der Waals surface area contributed by atoms with Gasteiger partial charge in [0.1, 0.15) is 0 Å². The van der Waals surface area contributed by atoms with E-state index in [1.807, 2.05) is 19.1 Å². The molecule has 0 spiro atoms. The minimum atomic E-state index is -0.258. The van der Waals surface area contributed by atoms with E-state index < -0.39 is 0 Å². The average Bonchev–Trinajstić information content (AvgIpc) is 2.81. The first-order chi connectivity index (χ1) is 11.5. The highest BCUT2D eigenvalue weighted by Gasteiger charge is 2.33. The van der Waals surface area contributed by atoms with Crippen molar-refractivity contribution in [2.75, 3.05) is 20.3 Å². The maximum Gasteiger partial charge on any atom is 0.293 e. The molecule has 2 amide bonds. The van der Waals surface area contributed by atoms with Crippen LogP contribution >= 0.6 is 11.8 Å². The number of nitrogens with zero attached hydrogens (tertiary/aromatic N) is 1. The molecular formula is C18H21NO4S. The molecule has 5 nitrogen and oxygen atoms in total. The summed E-state index contributed by atoms with van der Waals surface area (Å²) in [5.74, 6) is 1.02. The highest BCUT2D eigenvalue weighted by molar-refractivity contribution is 8.18. The zero-order chi connectivity index (χ0) is 17.7. The molecule has 1 aromatic carbocycles. The van der Waals surface area contributed by atoms with E-state index in [0.29, 0.717) is 36.0 Å². The zero-order valence-electron chi connectivity index (χ0n) is 14.1. The van der Waals surface area contributed by atoms with Gasteiger partial charge in [0.2, 0.25) is 0 Å². The quantitative estimate of drug-likeness (QED) is 0.553. The minimum Gasteiger partial charge on any atom is -0.493 e. The van der Waals surface area contributed by atoms with Gasteiger partial charge in [-0.25, -0.2) is 0 Å². The van der Waals surface area contributed by atoms with Crippen LogP contribution in [0.1, 0.15) is 25.0 Å². The van der Waals surface area contributed by atoms with E-state index in [1.54, 1.807) is 26.2 Å². The largest absolute Gasteiger partial charge is 0.493 e. The second-order valence-electron chi connectivity index (χ2n) is 5.06. The summed E-state index contributed by atoms with van der Waals surface area (Å²) in [7, 11) is 1.59. The second-order valence-corrected chi connectivity index (χ2v) is 6.06. The van der Waals surface area contributed by atoms with E-state index in [4.69, 9.17) is 9.47 Å². The summed E-state index contributed by atoms with van der Waals surface area (Å²) >= 11 is 0.956. The Morgan fingerprint density at radius 1 is 1.29 bits per heavy atom. The molecule has 0 aromatic heterocycles. The van der Waals surface area contributed by atoms with Crippen molar-refractivity contribution in [2.45, 2.75) is 20.3 Å². The third-order valence-corrected chi connectivity index (χ3v) is 4.42. The summed E-state index contributed by atoms with van der Waals surface area (Å²) in [5.41, 5.74) is 1.71. The fourth-order valence-corrected chi connectivity index (χ4v) is 3.40. The third-order valence-electron chi connectivity index (χ3n) is 3.51. The predicted octanol–water partition coefficient (Wildman–Crippen LogP) is 3.88. The number of hydrogen-bond donors (Lipinski definition) is 0. The minimum absolute atomic E-state index is 0.237. The third kappa shape index (κ3) is 3.64. The van der Waals surface area contributed by atoms with Crippen LogP contribution in [0.5, 0.6) is 11.5 Å². The smallest absolute Gasteiger partial charge is 0.293 e. The molecule has 0 radical (unpaired) electrons. The monoisotopic (exact) mass is 347 g/mol. The van der Waals surface area contributed by atoms with E-state index in [2.05, 4.69) is 6.58 Å². The van der Waals surface area contributed by atoms with Gasteiger partial charge < -0.3 is 9.47 Å². The van der Waals surface area contributed by atoms with Crippen LogP contribution in [0.25, 0.3) is 6.08 Å². The van der Waals surface area contributed by atoms with Crippen molar-refractivity contribution in [3.8, 4) is 11.5 Å². The van der Waals surface area contributed by atoms with Gasteiger partial charge in [-0.3, -0.25) is 14.5 Å². The van der Waals surface area contributed by atoms with Gasteiger partial charge in [-0.1, -0.05) is 6.08 Å².